The number of nitrogens with zero attached hydrogens (tertiary/aromatic N) is 6. The van der Waals surface area contributed by atoms with Crippen LogP contribution in [0, 0.1) is 5.41 Å². The number of carbonyl (C=O) groups is 3. The summed E-state index contributed by atoms with van der Waals surface area (Å²) in [6.45, 7) is 6.15. The summed E-state index contributed by atoms with van der Waals surface area (Å²) in [4.78, 5) is 60.4. The number of carbonyl (C=O) groups excluding carboxylic acids is 3. The quantitative estimate of drug-likeness (QED) is 0.0666. The van der Waals surface area contributed by atoms with E-state index >= 15 is 0 Å². The Labute approximate surface area is 382 Å². The number of imide groups is 1. The van der Waals surface area contributed by atoms with Gasteiger partial charge in [0.1, 0.15) is 11.9 Å². The van der Waals surface area contributed by atoms with Crippen molar-refractivity contribution in [3.05, 3.63) is 110 Å². The van der Waals surface area contributed by atoms with Crippen molar-refractivity contribution in [1.29, 1.82) is 5.41 Å². The Hall–Kier alpha value is -6.62. The number of imidazole rings is 1. The van der Waals surface area contributed by atoms with Gasteiger partial charge in [-0.15, -0.1) is 0 Å². The number of allylic oxidation sites excluding steroid dienone is 1. The Bertz CT molecular complexity index is 2680. The third-order valence-electron chi connectivity index (χ3n) is 13.5. The molecule has 8 rings (SSSR count). The van der Waals surface area contributed by atoms with Crippen molar-refractivity contribution < 1.29 is 23.2 Å². The van der Waals surface area contributed by atoms with Gasteiger partial charge in [-0.2, -0.15) is 0 Å². The number of halogens is 2. The van der Waals surface area contributed by atoms with Crippen molar-refractivity contribution in [3.8, 4) is 0 Å². The number of alkyl halides is 2. The minimum atomic E-state index is -2.76. The number of nitrogens with one attached hydrogen (secondary N) is 4. The highest BCUT2D eigenvalue weighted by Gasteiger charge is 2.34. The lowest BCUT2D eigenvalue weighted by Crippen LogP contribution is -2.48. The average molecular weight is 904 g/mol. The van der Waals surface area contributed by atoms with Gasteiger partial charge in [-0.25, -0.2) is 13.6 Å². The van der Waals surface area contributed by atoms with E-state index < -0.39 is 18.4 Å². The molecule has 4 aliphatic heterocycles. The molecule has 15 nitrogen and oxygen atoms in total. The molecule has 1 atom stereocenters. The van der Waals surface area contributed by atoms with Gasteiger partial charge < -0.3 is 31.1 Å². The Morgan fingerprint density at radius 3 is 2.45 bits per heavy atom. The number of likely N-dealkylation sites (tertiary alicyclic amines) is 1. The highest BCUT2D eigenvalue weighted by Crippen LogP contribution is 2.38. The molecule has 1 aromatic heterocycles. The fourth-order valence-corrected chi connectivity index (χ4v) is 9.89. The lowest BCUT2D eigenvalue weighted by Gasteiger charge is -2.39. The first-order valence-corrected chi connectivity index (χ1v) is 22.8. The number of hydrogen-bond acceptors (Lipinski definition) is 10. The van der Waals surface area contributed by atoms with Crippen LogP contribution in [-0.2, 0) is 40.8 Å². The van der Waals surface area contributed by atoms with Crippen LogP contribution >= 0.6 is 0 Å². The number of para-hydroxylation sites is 1. The summed E-state index contributed by atoms with van der Waals surface area (Å²) in [6.07, 6.45) is 5.22. The number of amides is 3. The summed E-state index contributed by atoms with van der Waals surface area (Å²) in [5.41, 5.74) is 13.7. The lowest BCUT2D eigenvalue weighted by molar-refractivity contribution is -0.135. The largest absolute Gasteiger partial charge is 0.404 e. The van der Waals surface area contributed by atoms with Gasteiger partial charge in [-0.05, 0) is 85.0 Å². The van der Waals surface area contributed by atoms with Crippen LogP contribution in [0.5, 0.6) is 0 Å². The minimum absolute atomic E-state index is 0.0650. The SMILES string of the molecule is CN=CC(=CN)c1cc2c(cc1C(F)F)N(C(=N)C1=C(NC3CCN(CCc4ccc(CNc5cccc6c5n(C)c(=O)n6C5CCC(=O)NC5=O)cc4)CC3)CCN(C(C)=O)C1)CCC2. The zero-order valence-corrected chi connectivity index (χ0v) is 37.8. The highest BCUT2D eigenvalue weighted by atomic mass is 19.3. The Morgan fingerprint density at radius 2 is 1.76 bits per heavy atom. The van der Waals surface area contributed by atoms with E-state index in [1.54, 1.807) is 29.6 Å². The van der Waals surface area contributed by atoms with Gasteiger partial charge in [-0.3, -0.25) is 39.2 Å². The van der Waals surface area contributed by atoms with Crippen LogP contribution < -0.4 is 32.3 Å². The number of anilines is 2. The third-order valence-corrected chi connectivity index (χ3v) is 13.5. The highest BCUT2D eigenvalue weighted by molar-refractivity contribution is 6.12. The van der Waals surface area contributed by atoms with Gasteiger partial charge >= 0.3 is 5.69 Å². The normalized spacial score (nSPS) is 18.9. The first-order chi connectivity index (χ1) is 31.8. The van der Waals surface area contributed by atoms with E-state index in [4.69, 9.17) is 5.73 Å². The summed E-state index contributed by atoms with van der Waals surface area (Å²) in [5, 5.41) is 19.2. The van der Waals surface area contributed by atoms with Crippen molar-refractivity contribution in [2.75, 3.05) is 56.5 Å². The van der Waals surface area contributed by atoms with E-state index in [1.807, 2.05) is 23.1 Å². The summed E-state index contributed by atoms with van der Waals surface area (Å²) in [7, 11) is 3.26. The lowest BCUT2D eigenvalue weighted by atomic mass is 9.91. The van der Waals surface area contributed by atoms with E-state index in [9.17, 15) is 33.4 Å². The average Bonchev–Trinajstić information content (AvgIpc) is 3.57. The fraction of sp³-hybridized carbons (Fsp3) is 0.429. The monoisotopic (exact) mass is 903 g/mol. The summed E-state index contributed by atoms with van der Waals surface area (Å²) in [5.74, 6) is -0.622. The second kappa shape index (κ2) is 19.9. The number of piperidine rings is 2. The minimum Gasteiger partial charge on any atom is -0.404 e. The van der Waals surface area contributed by atoms with Gasteiger partial charge in [0.05, 0.1) is 23.3 Å². The predicted octanol–water partition coefficient (Wildman–Crippen LogP) is 5.40. The molecule has 0 aliphatic carbocycles. The van der Waals surface area contributed by atoms with Gasteiger partial charge in [0.2, 0.25) is 17.7 Å². The van der Waals surface area contributed by atoms with E-state index in [1.165, 1.54) is 35.5 Å². The predicted molar refractivity (Wildman–Crippen MR) is 254 cm³/mol. The number of rotatable bonds is 13. The van der Waals surface area contributed by atoms with Crippen LogP contribution in [0.1, 0.15) is 85.7 Å². The Morgan fingerprint density at radius 1 is 1.00 bits per heavy atom. The van der Waals surface area contributed by atoms with Crippen molar-refractivity contribution >= 4 is 57.8 Å². The topological polar surface area (TPSA) is 186 Å². The molecule has 1 unspecified atom stereocenters. The molecular formula is C49H59F2N11O4. The number of aryl methyl sites for hydroxylation is 2. The number of amidine groups is 1. The first kappa shape index (κ1) is 45.9. The molecule has 3 aromatic carbocycles. The standard InChI is InChI=1S/C49H59F2N11O4/c1-30(63)60-23-18-39(38(29-60)47(53)61-19-5-6-33-24-36(34(26-52)28-54-2)37(46(50)51)25-43(33)61)56-35-16-21-59(22-17-35)20-15-31-9-11-32(12-10-31)27-55-40-7-4-8-41-45(40)58(3)49(66)62(41)42-13-14-44(64)57-48(42)65/h4,7-12,24-26,28,35,42,46,53,55-56H,5-6,13-23,27,29,52H2,1-3H3,(H,57,64,65). The van der Waals surface area contributed by atoms with Crippen molar-refractivity contribution in [2.24, 2.45) is 17.8 Å². The van der Waals surface area contributed by atoms with Crippen molar-refractivity contribution in [2.45, 2.75) is 83.3 Å². The number of aromatic nitrogens is 2. The number of aliphatic imine (C=N–C) groups is 1. The van der Waals surface area contributed by atoms with E-state index in [2.05, 4.69) is 50.1 Å². The van der Waals surface area contributed by atoms with Crippen molar-refractivity contribution in [1.82, 2.24) is 29.6 Å². The van der Waals surface area contributed by atoms with E-state index in [0.717, 1.165) is 73.4 Å². The molecule has 0 saturated carbocycles. The molecule has 3 amide bonds. The summed E-state index contributed by atoms with van der Waals surface area (Å²) in [6, 6.07) is 16.8. The molecule has 4 aliphatic rings. The number of fused-ring (bicyclic) bond motifs is 2. The maximum atomic E-state index is 14.6. The van der Waals surface area contributed by atoms with Crippen LogP contribution in [0.25, 0.3) is 16.6 Å². The maximum absolute atomic E-state index is 14.6. The molecule has 2 saturated heterocycles. The van der Waals surface area contributed by atoms with Gasteiger partial charge in [0.15, 0.2) is 0 Å². The number of benzene rings is 3. The zero-order chi connectivity index (χ0) is 46.6. The molecule has 0 spiro atoms. The zero-order valence-electron chi connectivity index (χ0n) is 37.8. The van der Waals surface area contributed by atoms with Gasteiger partial charge in [0, 0.05) is 120 Å². The second-order valence-corrected chi connectivity index (χ2v) is 17.7. The smallest absolute Gasteiger partial charge is 0.329 e. The second-order valence-electron chi connectivity index (χ2n) is 17.7. The molecular weight excluding hydrogens is 845 g/mol. The number of hydrogen-bond donors (Lipinski definition) is 5. The van der Waals surface area contributed by atoms with Gasteiger partial charge in [-0.1, -0.05) is 30.3 Å². The van der Waals surface area contributed by atoms with Gasteiger partial charge in [0.25, 0.3) is 6.43 Å². The molecule has 348 valence electrons. The van der Waals surface area contributed by atoms with E-state index in [0.29, 0.717) is 60.3 Å². The summed E-state index contributed by atoms with van der Waals surface area (Å²) >= 11 is 0. The van der Waals surface area contributed by atoms with Crippen LogP contribution in [-0.4, -0.2) is 101 Å². The first-order valence-electron chi connectivity index (χ1n) is 22.8. The maximum Gasteiger partial charge on any atom is 0.329 e. The molecule has 4 aromatic rings. The molecule has 0 radical (unpaired) electrons. The molecule has 66 heavy (non-hydrogen) atoms. The summed E-state index contributed by atoms with van der Waals surface area (Å²) < 4.78 is 32.2. The fourth-order valence-electron chi connectivity index (χ4n) is 9.89. The molecule has 0 bridgehead atoms. The third kappa shape index (κ3) is 9.52. The Balaban J connectivity index is 0.879. The molecule has 6 N–H and O–H groups in total. The van der Waals surface area contributed by atoms with Crippen LogP contribution in [0.2, 0.25) is 0 Å². The van der Waals surface area contributed by atoms with Crippen LogP contribution in [0.15, 0.2) is 81.9 Å². The van der Waals surface area contributed by atoms with Crippen LogP contribution in [0.3, 0.4) is 0 Å². The molecule has 2 fully saturated rings. The molecule has 17 heteroatoms. The number of nitrogens with two attached hydrogens (primary N) is 1. The van der Waals surface area contributed by atoms with Crippen LogP contribution in [0.4, 0.5) is 20.2 Å². The Kier molecular flexibility index (Phi) is 13.8. The molecule has 5 heterocycles. The van der Waals surface area contributed by atoms with Crippen molar-refractivity contribution in [3.63, 3.8) is 0 Å². The van der Waals surface area contributed by atoms with E-state index in [-0.39, 0.29) is 54.3 Å².